The minimum absolute atomic E-state index is 0.0210. The van der Waals surface area contributed by atoms with Crippen molar-refractivity contribution in [1.29, 1.82) is 0 Å². The molecule has 0 bridgehead atoms. The van der Waals surface area contributed by atoms with Gasteiger partial charge in [-0.1, -0.05) is 12.1 Å². The number of carbonyl (C=O) groups is 1. The summed E-state index contributed by atoms with van der Waals surface area (Å²) in [5, 5.41) is 9.31. The third kappa shape index (κ3) is 3.24. The molecule has 0 radical (unpaired) electrons. The number of nitrogens with zero attached hydrogens (tertiary/aromatic N) is 1. The summed E-state index contributed by atoms with van der Waals surface area (Å²) >= 11 is 0. The van der Waals surface area contributed by atoms with Crippen LogP contribution in [0.1, 0.15) is 12.5 Å². The van der Waals surface area contributed by atoms with Crippen molar-refractivity contribution in [2.24, 2.45) is 0 Å². The molecule has 1 heterocycles. The van der Waals surface area contributed by atoms with E-state index in [0.717, 1.165) is 11.3 Å². The van der Waals surface area contributed by atoms with Crippen LogP contribution in [0, 0.1) is 0 Å². The van der Waals surface area contributed by atoms with Gasteiger partial charge in [-0.3, -0.25) is 4.79 Å². The fourth-order valence-electron chi connectivity index (χ4n) is 2.06. The van der Waals surface area contributed by atoms with Crippen molar-refractivity contribution in [3.05, 3.63) is 29.8 Å². The number of ether oxygens (including phenoxy) is 2. The zero-order valence-electron chi connectivity index (χ0n) is 11.3. The highest BCUT2D eigenvalue weighted by Crippen LogP contribution is 2.20. The van der Waals surface area contributed by atoms with Crippen molar-refractivity contribution in [3.63, 3.8) is 0 Å². The molecule has 19 heavy (non-hydrogen) atoms. The summed E-state index contributed by atoms with van der Waals surface area (Å²) in [5.41, 5.74) is 0.358. The van der Waals surface area contributed by atoms with E-state index >= 15 is 0 Å². The Kier molecular flexibility index (Phi) is 4.07. The summed E-state index contributed by atoms with van der Waals surface area (Å²) in [6.07, 6.45) is 0. The number of carbonyl (C=O) groups excluding carboxylic acids is 1. The van der Waals surface area contributed by atoms with Crippen LogP contribution in [-0.2, 0) is 16.1 Å². The molecule has 5 heteroatoms. The van der Waals surface area contributed by atoms with Crippen LogP contribution in [0.15, 0.2) is 24.3 Å². The largest absolute Gasteiger partial charge is 0.497 e. The van der Waals surface area contributed by atoms with Gasteiger partial charge < -0.3 is 19.5 Å². The van der Waals surface area contributed by atoms with Crippen LogP contribution in [0.3, 0.4) is 0 Å². The van der Waals surface area contributed by atoms with Gasteiger partial charge in [-0.2, -0.15) is 0 Å². The summed E-state index contributed by atoms with van der Waals surface area (Å²) in [5.74, 6) is 0.735. The number of rotatable bonds is 4. The molecule has 1 amide bonds. The minimum Gasteiger partial charge on any atom is -0.497 e. The molecular weight excluding hydrogens is 246 g/mol. The molecule has 1 unspecified atom stereocenters. The van der Waals surface area contributed by atoms with Gasteiger partial charge in [0, 0.05) is 6.54 Å². The van der Waals surface area contributed by atoms with Crippen LogP contribution >= 0.6 is 0 Å². The number of amides is 1. The van der Waals surface area contributed by atoms with E-state index < -0.39 is 5.60 Å². The Morgan fingerprint density at radius 3 is 2.68 bits per heavy atom. The van der Waals surface area contributed by atoms with Crippen LogP contribution in [0.2, 0.25) is 0 Å². The molecule has 5 nitrogen and oxygen atoms in total. The monoisotopic (exact) mass is 265 g/mol. The normalized spacial score (nSPS) is 23.5. The molecule has 1 aliphatic rings. The van der Waals surface area contributed by atoms with Crippen molar-refractivity contribution in [1.82, 2.24) is 4.90 Å². The molecular formula is C14H19NO4. The number of aliphatic hydroxyl groups excluding tert-OH is 1. The van der Waals surface area contributed by atoms with Gasteiger partial charge >= 0.3 is 0 Å². The molecule has 1 N–H and O–H groups in total. The van der Waals surface area contributed by atoms with Gasteiger partial charge in [0.2, 0.25) is 5.91 Å². The number of aliphatic hydroxyl groups is 1. The lowest BCUT2D eigenvalue weighted by molar-refractivity contribution is -0.167. The van der Waals surface area contributed by atoms with Crippen molar-refractivity contribution in [2.75, 3.05) is 26.9 Å². The molecule has 1 aliphatic heterocycles. The van der Waals surface area contributed by atoms with Gasteiger partial charge in [0.05, 0.1) is 20.3 Å². The molecule has 1 atom stereocenters. The first kappa shape index (κ1) is 13.8. The minimum atomic E-state index is -0.666. The molecule has 0 saturated carbocycles. The van der Waals surface area contributed by atoms with Gasteiger partial charge in [-0.15, -0.1) is 0 Å². The molecule has 2 rings (SSSR count). The van der Waals surface area contributed by atoms with Crippen molar-refractivity contribution in [3.8, 4) is 5.75 Å². The fraction of sp³-hybridized carbons (Fsp3) is 0.500. The Labute approximate surface area is 112 Å². The number of morpholine rings is 1. The first-order valence-electron chi connectivity index (χ1n) is 6.22. The maximum Gasteiger partial charge on any atom is 0.249 e. The first-order valence-corrected chi connectivity index (χ1v) is 6.22. The van der Waals surface area contributed by atoms with E-state index in [0.29, 0.717) is 13.1 Å². The summed E-state index contributed by atoms with van der Waals surface area (Å²) in [6.45, 7) is 2.64. The second kappa shape index (κ2) is 5.59. The van der Waals surface area contributed by atoms with E-state index in [4.69, 9.17) is 9.47 Å². The third-order valence-electron chi connectivity index (χ3n) is 3.29. The highest BCUT2D eigenvalue weighted by atomic mass is 16.5. The lowest BCUT2D eigenvalue weighted by Gasteiger charge is -2.39. The molecule has 1 aromatic carbocycles. The highest BCUT2D eigenvalue weighted by Gasteiger charge is 2.35. The predicted octanol–water partition coefficient (Wildman–Crippen LogP) is 0.805. The smallest absolute Gasteiger partial charge is 0.249 e. The van der Waals surface area contributed by atoms with E-state index in [-0.39, 0.29) is 19.1 Å². The molecule has 104 valence electrons. The summed E-state index contributed by atoms with van der Waals surface area (Å²) in [7, 11) is 1.62. The average molecular weight is 265 g/mol. The van der Waals surface area contributed by atoms with Crippen molar-refractivity contribution in [2.45, 2.75) is 19.1 Å². The van der Waals surface area contributed by atoms with E-state index in [2.05, 4.69) is 0 Å². The quantitative estimate of drug-likeness (QED) is 0.875. The summed E-state index contributed by atoms with van der Waals surface area (Å²) in [4.78, 5) is 13.5. The molecule has 1 saturated heterocycles. The molecule has 0 spiro atoms. The maximum atomic E-state index is 11.8. The molecule has 1 fully saturated rings. The molecule has 0 aliphatic carbocycles. The van der Waals surface area contributed by atoms with Crippen LogP contribution in [0.25, 0.3) is 0 Å². The Bertz CT molecular complexity index is 445. The average Bonchev–Trinajstić information content (AvgIpc) is 2.44. The number of methoxy groups -OCH3 is 1. The zero-order valence-corrected chi connectivity index (χ0v) is 11.3. The van der Waals surface area contributed by atoms with Crippen LogP contribution in [-0.4, -0.2) is 48.4 Å². The van der Waals surface area contributed by atoms with E-state index in [1.807, 2.05) is 24.3 Å². The summed E-state index contributed by atoms with van der Waals surface area (Å²) < 4.78 is 10.5. The van der Waals surface area contributed by atoms with Gasteiger partial charge in [0.1, 0.15) is 18.0 Å². The Balaban J connectivity index is 2.05. The highest BCUT2D eigenvalue weighted by molar-refractivity contribution is 5.78. The van der Waals surface area contributed by atoms with Crippen LogP contribution < -0.4 is 4.74 Å². The van der Waals surface area contributed by atoms with Crippen molar-refractivity contribution >= 4 is 5.91 Å². The van der Waals surface area contributed by atoms with E-state index in [1.165, 1.54) is 0 Å². The van der Waals surface area contributed by atoms with Gasteiger partial charge in [-0.25, -0.2) is 0 Å². The topological polar surface area (TPSA) is 59.0 Å². The molecule has 0 aromatic heterocycles. The van der Waals surface area contributed by atoms with Gasteiger partial charge in [0.25, 0.3) is 0 Å². The van der Waals surface area contributed by atoms with Crippen LogP contribution in [0.4, 0.5) is 0 Å². The van der Waals surface area contributed by atoms with Crippen LogP contribution in [0.5, 0.6) is 5.75 Å². The Morgan fingerprint density at radius 2 is 2.11 bits per heavy atom. The van der Waals surface area contributed by atoms with E-state index in [9.17, 15) is 9.90 Å². The summed E-state index contributed by atoms with van der Waals surface area (Å²) in [6, 6.07) is 7.59. The van der Waals surface area contributed by atoms with Crippen molar-refractivity contribution < 1.29 is 19.4 Å². The first-order chi connectivity index (χ1) is 9.06. The maximum absolute atomic E-state index is 11.8. The Morgan fingerprint density at radius 1 is 1.42 bits per heavy atom. The standard InChI is InChI=1S/C14H19NO4/c1-14(10-16)9-15(13(17)8-19-14)7-11-3-5-12(18-2)6-4-11/h3-6,16H,7-10H2,1-2H3. The zero-order chi connectivity index (χ0) is 13.9. The number of hydrogen-bond donors (Lipinski definition) is 1. The Hall–Kier alpha value is -1.59. The second-order valence-electron chi connectivity index (χ2n) is 4.99. The second-order valence-corrected chi connectivity index (χ2v) is 4.99. The number of hydrogen-bond acceptors (Lipinski definition) is 4. The third-order valence-corrected chi connectivity index (χ3v) is 3.29. The fourth-order valence-corrected chi connectivity index (χ4v) is 2.06. The van der Waals surface area contributed by atoms with Gasteiger partial charge in [0.15, 0.2) is 0 Å². The van der Waals surface area contributed by atoms with E-state index in [1.54, 1.807) is 18.9 Å². The lowest BCUT2D eigenvalue weighted by atomic mass is 10.0. The lowest BCUT2D eigenvalue weighted by Crippen LogP contribution is -2.54. The number of benzene rings is 1. The SMILES string of the molecule is COc1ccc(CN2CC(C)(CO)OCC2=O)cc1. The molecule has 1 aromatic rings. The van der Waals surface area contributed by atoms with Gasteiger partial charge in [-0.05, 0) is 24.6 Å². The predicted molar refractivity (Wildman–Crippen MR) is 69.9 cm³/mol.